The van der Waals surface area contributed by atoms with Gasteiger partial charge in [0.15, 0.2) is 5.78 Å². The highest BCUT2D eigenvalue weighted by Gasteiger charge is 2.11. The smallest absolute Gasteiger partial charge is 0.167 e. The first-order chi connectivity index (χ1) is 8.18. The Bertz CT molecular complexity index is 537. The zero-order valence-electron chi connectivity index (χ0n) is 8.99. The van der Waals surface area contributed by atoms with Crippen LogP contribution in [0.3, 0.4) is 0 Å². The van der Waals surface area contributed by atoms with Crippen molar-refractivity contribution < 1.29 is 9.18 Å². The molecule has 1 nitrogen and oxygen atoms in total. The number of ketones is 1. The van der Waals surface area contributed by atoms with Gasteiger partial charge in [0.2, 0.25) is 0 Å². The molecule has 3 heteroatoms. The number of carbonyl (C=O) groups excluding carboxylic acids is 1. The second kappa shape index (κ2) is 5.11. The molecule has 86 valence electrons. The zero-order chi connectivity index (χ0) is 12.3. The van der Waals surface area contributed by atoms with Crippen molar-refractivity contribution in [3.05, 3.63) is 70.5 Å². The molecule has 0 fully saturated rings. The van der Waals surface area contributed by atoms with Crippen LogP contribution in [0.4, 0.5) is 4.39 Å². The Morgan fingerprint density at radius 1 is 1.06 bits per heavy atom. The van der Waals surface area contributed by atoms with Crippen LogP contribution >= 0.6 is 11.6 Å². The SMILES string of the molecule is O=C(Cc1cccc(F)c1Cl)c1ccccc1. The highest BCUT2D eigenvalue weighted by atomic mass is 35.5. The summed E-state index contributed by atoms with van der Waals surface area (Å²) in [5, 5.41) is 0.0248. The predicted molar refractivity (Wildman–Crippen MR) is 65.9 cm³/mol. The molecule has 0 bridgehead atoms. The molecule has 0 N–H and O–H groups in total. The van der Waals surface area contributed by atoms with Crippen LogP contribution < -0.4 is 0 Å². The third kappa shape index (κ3) is 2.71. The molecule has 0 aromatic heterocycles. The van der Waals surface area contributed by atoms with E-state index in [-0.39, 0.29) is 17.2 Å². The van der Waals surface area contributed by atoms with Crippen molar-refractivity contribution in [2.24, 2.45) is 0 Å². The van der Waals surface area contributed by atoms with Gasteiger partial charge < -0.3 is 0 Å². The molecule has 0 saturated heterocycles. The monoisotopic (exact) mass is 248 g/mol. The molecular weight excluding hydrogens is 239 g/mol. The Hall–Kier alpha value is -1.67. The molecule has 0 aliphatic rings. The predicted octanol–water partition coefficient (Wildman–Crippen LogP) is 3.90. The van der Waals surface area contributed by atoms with Gasteiger partial charge in [-0.2, -0.15) is 0 Å². The van der Waals surface area contributed by atoms with Crippen LogP contribution in [0.15, 0.2) is 48.5 Å². The number of hydrogen-bond donors (Lipinski definition) is 0. The van der Waals surface area contributed by atoms with Crippen LogP contribution in [0.5, 0.6) is 0 Å². The van der Waals surface area contributed by atoms with Gasteiger partial charge in [-0.25, -0.2) is 4.39 Å². The van der Waals surface area contributed by atoms with Crippen LogP contribution in [0.25, 0.3) is 0 Å². The lowest BCUT2D eigenvalue weighted by Crippen LogP contribution is -2.04. The molecule has 17 heavy (non-hydrogen) atoms. The maximum atomic E-state index is 13.2. The van der Waals surface area contributed by atoms with Gasteiger partial charge in [0.05, 0.1) is 5.02 Å². The van der Waals surface area contributed by atoms with Crippen molar-refractivity contribution in [3.8, 4) is 0 Å². The standard InChI is InChI=1S/C14H10ClFO/c15-14-11(7-4-8-12(14)16)9-13(17)10-5-2-1-3-6-10/h1-8H,9H2. The molecule has 2 aromatic rings. The van der Waals surface area contributed by atoms with E-state index in [1.54, 1.807) is 36.4 Å². The van der Waals surface area contributed by atoms with Gasteiger partial charge in [0.25, 0.3) is 0 Å². The van der Waals surface area contributed by atoms with E-state index in [2.05, 4.69) is 0 Å². The van der Waals surface area contributed by atoms with E-state index in [4.69, 9.17) is 11.6 Å². The Labute approximate surface area is 104 Å². The third-order valence-electron chi connectivity index (χ3n) is 2.48. The second-order valence-corrected chi connectivity index (χ2v) is 4.06. The summed E-state index contributed by atoms with van der Waals surface area (Å²) in [7, 11) is 0. The van der Waals surface area contributed by atoms with E-state index < -0.39 is 5.82 Å². The van der Waals surface area contributed by atoms with E-state index >= 15 is 0 Å². The van der Waals surface area contributed by atoms with Crippen LogP contribution in [-0.4, -0.2) is 5.78 Å². The molecule has 0 aliphatic carbocycles. The molecule has 0 radical (unpaired) electrons. The van der Waals surface area contributed by atoms with Crippen LogP contribution in [0.1, 0.15) is 15.9 Å². The first kappa shape index (κ1) is 11.8. The van der Waals surface area contributed by atoms with Gasteiger partial charge in [-0.15, -0.1) is 0 Å². The summed E-state index contributed by atoms with van der Waals surface area (Å²) in [6.07, 6.45) is 0.112. The van der Waals surface area contributed by atoms with Gasteiger partial charge in [0, 0.05) is 12.0 Å². The maximum absolute atomic E-state index is 13.2. The minimum atomic E-state index is -0.495. The average Bonchev–Trinajstić information content (AvgIpc) is 2.36. The molecule has 0 amide bonds. The summed E-state index contributed by atoms with van der Waals surface area (Å²) in [4.78, 5) is 11.9. The average molecular weight is 249 g/mol. The van der Waals surface area contributed by atoms with Gasteiger partial charge in [-0.1, -0.05) is 54.1 Å². The fourth-order valence-electron chi connectivity index (χ4n) is 1.58. The lowest BCUT2D eigenvalue weighted by Gasteiger charge is -2.04. The van der Waals surface area contributed by atoms with E-state index in [0.717, 1.165) is 0 Å². The molecule has 0 heterocycles. The minimum Gasteiger partial charge on any atom is -0.294 e. The zero-order valence-corrected chi connectivity index (χ0v) is 9.75. The van der Waals surface area contributed by atoms with Crippen molar-refractivity contribution >= 4 is 17.4 Å². The van der Waals surface area contributed by atoms with E-state index in [0.29, 0.717) is 11.1 Å². The Morgan fingerprint density at radius 2 is 1.76 bits per heavy atom. The van der Waals surface area contributed by atoms with E-state index in [1.165, 1.54) is 6.07 Å². The van der Waals surface area contributed by atoms with Gasteiger partial charge in [-0.3, -0.25) is 4.79 Å². The number of benzene rings is 2. The molecule has 0 aliphatic heterocycles. The van der Waals surface area contributed by atoms with Crippen LogP contribution in [0.2, 0.25) is 5.02 Å². The normalized spacial score (nSPS) is 10.2. The van der Waals surface area contributed by atoms with Gasteiger partial charge in [-0.05, 0) is 11.6 Å². The van der Waals surface area contributed by atoms with Gasteiger partial charge in [0.1, 0.15) is 5.82 Å². The van der Waals surface area contributed by atoms with Crippen molar-refractivity contribution in [2.45, 2.75) is 6.42 Å². The number of hydrogen-bond acceptors (Lipinski definition) is 1. The van der Waals surface area contributed by atoms with Crippen molar-refractivity contribution in [1.82, 2.24) is 0 Å². The molecule has 0 unspecified atom stereocenters. The highest BCUT2D eigenvalue weighted by molar-refractivity contribution is 6.31. The largest absolute Gasteiger partial charge is 0.294 e. The molecule has 2 rings (SSSR count). The summed E-state index contributed by atoms with van der Waals surface area (Å²) in [6.45, 7) is 0. The first-order valence-electron chi connectivity index (χ1n) is 5.19. The number of rotatable bonds is 3. The molecule has 0 spiro atoms. The van der Waals surface area contributed by atoms with Crippen molar-refractivity contribution in [2.75, 3.05) is 0 Å². The summed E-state index contributed by atoms with van der Waals surface area (Å²) >= 11 is 5.80. The number of Topliss-reactive ketones (excluding diaryl/α,β-unsaturated/α-hetero) is 1. The molecule has 2 aromatic carbocycles. The highest BCUT2D eigenvalue weighted by Crippen LogP contribution is 2.21. The fourth-order valence-corrected chi connectivity index (χ4v) is 1.78. The first-order valence-corrected chi connectivity index (χ1v) is 5.57. The quantitative estimate of drug-likeness (QED) is 0.753. The second-order valence-electron chi connectivity index (χ2n) is 3.68. The van der Waals surface area contributed by atoms with E-state index in [1.807, 2.05) is 6.07 Å². The topological polar surface area (TPSA) is 17.1 Å². The minimum absolute atomic E-state index is 0.0248. The Morgan fingerprint density at radius 3 is 2.47 bits per heavy atom. The Balaban J connectivity index is 2.22. The van der Waals surface area contributed by atoms with Crippen molar-refractivity contribution in [1.29, 1.82) is 0 Å². The van der Waals surface area contributed by atoms with Gasteiger partial charge >= 0.3 is 0 Å². The lowest BCUT2D eigenvalue weighted by molar-refractivity contribution is 0.0993. The summed E-state index contributed by atoms with van der Waals surface area (Å²) in [5.74, 6) is -0.567. The van der Waals surface area contributed by atoms with Crippen LogP contribution in [-0.2, 0) is 6.42 Å². The molecule has 0 saturated carbocycles. The molecular formula is C14H10ClFO. The summed E-state index contributed by atoms with van der Waals surface area (Å²) in [6, 6.07) is 13.4. The lowest BCUT2D eigenvalue weighted by atomic mass is 10.0. The number of halogens is 2. The number of carbonyl (C=O) groups is 1. The van der Waals surface area contributed by atoms with E-state index in [9.17, 15) is 9.18 Å². The molecule has 0 atom stereocenters. The third-order valence-corrected chi connectivity index (χ3v) is 2.90. The fraction of sp³-hybridized carbons (Fsp3) is 0.0714. The summed E-state index contributed by atoms with van der Waals surface area (Å²) in [5.41, 5.74) is 1.12. The van der Waals surface area contributed by atoms with Crippen LogP contribution in [0, 0.1) is 5.82 Å². The summed E-state index contributed by atoms with van der Waals surface area (Å²) < 4.78 is 13.2. The maximum Gasteiger partial charge on any atom is 0.167 e. The van der Waals surface area contributed by atoms with Crippen molar-refractivity contribution in [3.63, 3.8) is 0 Å². The Kier molecular flexibility index (Phi) is 3.55.